The molecule has 0 aliphatic carbocycles. The highest BCUT2D eigenvalue weighted by Gasteiger charge is 2.34. The summed E-state index contributed by atoms with van der Waals surface area (Å²) in [4.78, 5) is 18.6. The summed E-state index contributed by atoms with van der Waals surface area (Å²) in [5, 5.41) is 6.63. The molecule has 0 spiro atoms. The van der Waals surface area contributed by atoms with E-state index in [9.17, 15) is 13.6 Å². The van der Waals surface area contributed by atoms with Crippen molar-refractivity contribution >= 4 is 11.7 Å². The van der Waals surface area contributed by atoms with Gasteiger partial charge in [0.05, 0.1) is 18.4 Å². The topological polar surface area (TPSA) is 80.5 Å². The van der Waals surface area contributed by atoms with Crippen LogP contribution in [0, 0.1) is 11.6 Å². The van der Waals surface area contributed by atoms with Crippen LogP contribution in [0.4, 0.5) is 19.3 Å². The van der Waals surface area contributed by atoms with Crippen molar-refractivity contribution in [3.63, 3.8) is 0 Å². The fourth-order valence-electron chi connectivity index (χ4n) is 3.35. The van der Waals surface area contributed by atoms with E-state index in [0.29, 0.717) is 24.4 Å². The number of likely N-dealkylation sites (tertiary alicyclic amines) is 1. The maximum atomic E-state index is 14.0. The predicted molar refractivity (Wildman–Crippen MR) is 100 cm³/mol. The number of benzene rings is 2. The zero-order chi connectivity index (χ0) is 20.4. The molecule has 1 atom stereocenters. The molecule has 29 heavy (non-hydrogen) atoms. The van der Waals surface area contributed by atoms with Crippen LogP contribution < -0.4 is 10.1 Å². The van der Waals surface area contributed by atoms with Gasteiger partial charge in [0, 0.05) is 12.6 Å². The summed E-state index contributed by atoms with van der Waals surface area (Å²) < 4.78 is 37.7. The molecule has 2 aromatic carbocycles. The summed E-state index contributed by atoms with van der Waals surface area (Å²) in [5.74, 6) is -0.714. The van der Waals surface area contributed by atoms with Gasteiger partial charge in [0.1, 0.15) is 23.4 Å². The van der Waals surface area contributed by atoms with Crippen molar-refractivity contribution in [2.24, 2.45) is 0 Å². The second-order valence-corrected chi connectivity index (χ2v) is 6.56. The summed E-state index contributed by atoms with van der Waals surface area (Å²) in [6, 6.07) is 9.45. The lowest BCUT2D eigenvalue weighted by Gasteiger charge is -2.22. The molecule has 1 aliphatic rings. The number of aromatic nitrogens is 2. The molecule has 0 unspecified atom stereocenters. The van der Waals surface area contributed by atoms with Crippen LogP contribution >= 0.6 is 0 Å². The molecule has 4 rings (SSSR count). The third-order valence-electron chi connectivity index (χ3n) is 4.76. The van der Waals surface area contributed by atoms with E-state index >= 15 is 0 Å². The molecule has 150 valence electrons. The number of nitrogens with one attached hydrogen (secondary N) is 1. The third kappa shape index (κ3) is 3.75. The highest BCUT2D eigenvalue weighted by atomic mass is 19.1. The van der Waals surface area contributed by atoms with E-state index in [1.807, 2.05) is 6.07 Å². The highest BCUT2D eigenvalue weighted by molar-refractivity contribution is 5.91. The van der Waals surface area contributed by atoms with Crippen LogP contribution in [0.3, 0.4) is 0 Å². The molecule has 0 bridgehead atoms. The lowest BCUT2D eigenvalue weighted by Crippen LogP contribution is -2.34. The summed E-state index contributed by atoms with van der Waals surface area (Å²) in [6.45, 7) is 0.508. The number of hydrogen-bond acceptors (Lipinski definition) is 5. The number of urea groups is 1. The van der Waals surface area contributed by atoms with Gasteiger partial charge in [-0.05, 0) is 37.1 Å². The van der Waals surface area contributed by atoms with E-state index in [2.05, 4.69) is 15.5 Å². The average molecular weight is 400 g/mol. The van der Waals surface area contributed by atoms with Gasteiger partial charge in [0.2, 0.25) is 11.7 Å². The second-order valence-electron chi connectivity index (χ2n) is 6.56. The van der Waals surface area contributed by atoms with Gasteiger partial charge in [-0.15, -0.1) is 0 Å². The molecular formula is C20H18F2N4O3. The fourth-order valence-corrected chi connectivity index (χ4v) is 3.35. The Labute approximate surface area is 165 Å². The maximum absolute atomic E-state index is 14.0. The Morgan fingerprint density at radius 2 is 2.10 bits per heavy atom. The molecule has 7 nitrogen and oxygen atoms in total. The van der Waals surface area contributed by atoms with Gasteiger partial charge in [0.25, 0.3) is 0 Å². The van der Waals surface area contributed by atoms with Gasteiger partial charge < -0.3 is 19.5 Å². The summed E-state index contributed by atoms with van der Waals surface area (Å²) in [5.41, 5.74) is 0.578. The van der Waals surface area contributed by atoms with Crippen molar-refractivity contribution in [2.45, 2.75) is 18.9 Å². The molecule has 0 saturated carbocycles. The lowest BCUT2D eigenvalue weighted by atomic mass is 10.2. The Morgan fingerprint density at radius 3 is 2.90 bits per heavy atom. The summed E-state index contributed by atoms with van der Waals surface area (Å²) in [6.07, 6.45) is 1.39. The first-order valence-corrected chi connectivity index (χ1v) is 9.06. The SMILES string of the molecule is COc1ccccc1NC(=O)N1CCC[C@@H]1c1nc(-c2ccc(F)cc2F)no1. The number of rotatable bonds is 4. The van der Waals surface area contributed by atoms with E-state index in [-0.39, 0.29) is 23.3 Å². The van der Waals surface area contributed by atoms with Crippen LogP contribution in [0.2, 0.25) is 0 Å². The molecule has 1 aromatic heterocycles. The zero-order valence-corrected chi connectivity index (χ0v) is 15.6. The number of halogens is 2. The number of nitrogens with zero attached hydrogens (tertiary/aromatic N) is 3. The normalized spacial score (nSPS) is 16.1. The number of methoxy groups -OCH3 is 1. The smallest absolute Gasteiger partial charge is 0.322 e. The van der Waals surface area contributed by atoms with Crippen molar-refractivity contribution in [3.05, 3.63) is 60.0 Å². The number of para-hydroxylation sites is 2. The minimum atomic E-state index is -0.783. The molecule has 3 aromatic rings. The van der Waals surface area contributed by atoms with Crippen molar-refractivity contribution in [2.75, 3.05) is 19.0 Å². The van der Waals surface area contributed by atoms with Crippen molar-refractivity contribution in [3.8, 4) is 17.1 Å². The Morgan fingerprint density at radius 1 is 1.28 bits per heavy atom. The maximum Gasteiger partial charge on any atom is 0.322 e. The van der Waals surface area contributed by atoms with Crippen LogP contribution in [0.15, 0.2) is 47.0 Å². The molecule has 2 heterocycles. The molecule has 1 fully saturated rings. The first-order chi connectivity index (χ1) is 14.1. The molecule has 1 N–H and O–H groups in total. The van der Waals surface area contributed by atoms with Crippen LogP contribution in [-0.4, -0.2) is 34.7 Å². The number of ether oxygens (including phenoxy) is 1. The van der Waals surface area contributed by atoms with Gasteiger partial charge in [-0.1, -0.05) is 17.3 Å². The number of amides is 2. The monoisotopic (exact) mass is 400 g/mol. The van der Waals surface area contributed by atoms with E-state index < -0.39 is 17.7 Å². The van der Waals surface area contributed by atoms with E-state index in [1.54, 1.807) is 23.1 Å². The fraction of sp³-hybridized carbons (Fsp3) is 0.250. The number of hydrogen-bond donors (Lipinski definition) is 1. The molecule has 2 amide bonds. The zero-order valence-electron chi connectivity index (χ0n) is 15.6. The van der Waals surface area contributed by atoms with Crippen LogP contribution in [-0.2, 0) is 0 Å². The van der Waals surface area contributed by atoms with Gasteiger partial charge >= 0.3 is 6.03 Å². The Bertz CT molecular complexity index is 1040. The van der Waals surface area contributed by atoms with Crippen molar-refractivity contribution < 1.29 is 22.8 Å². The Balaban J connectivity index is 1.54. The molecule has 1 aliphatic heterocycles. The molecule has 9 heteroatoms. The van der Waals surface area contributed by atoms with Gasteiger partial charge in [-0.25, -0.2) is 13.6 Å². The van der Waals surface area contributed by atoms with Gasteiger partial charge in [-0.3, -0.25) is 0 Å². The lowest BCUT2D eigenvalue weighted by molar-refractivity contribution is 0.193. The minimum absolute atomic E-state index is 0.00878. The summed E-state index contributed by atoms with van der Waals surface area (Å²) in [7, 11) is 1.53. The minimum Gasteiger partial charge on any atom is -0.495 e. The van der Waals surface area contributed by atoms with Gasteiger partial charge in [-0.2, -0.15) is 4.98 Å². The highest BCUT2D eigenvalue weighted by Crippen LogP contribution is 2.33. The first-order valence-electron chi connectivity index (χ1n) is 9.06. The average Bonchev–Trinajstić information content (AvgIpc) is 3.38. The van der Waals surface area contributed by atoms with Crippen LogP contribution in [0.1, 0.15) is 24.8 Å². The van der Waals surface area contributed by atoms with E-state index in [1.165, 1.54) is 13.2 Å². The Kier molecular flexibility index (Phi) is 5.11. The largest absolute Gasteiger partial charge is 0.495 e. The van der Waals surface area contributed by atoms with Crippen molar-refractivity contribution in [1.29, 1.82) is 0 Å². The van der Waals surface area contributed by atoms with E-state index in [0.717, 1.165) is 18.6 Å². The molecule has 0 radical (unpaired) electrons. The molecule has 1 saturated heterocycles. The second kappa shape index (κ2) is 7.86. The quantitative estimate of drug-likeness (QED) is 0.702. The van der Waals surface area contributed by atoms with Gasteiger partial charge in [0.15, 0.2) is 0 Å². The third-order valence-corrected chi connectivity index (χ3v) is 4.76. The Hall–Kier alpha value is -3.49. The first kappa shape index (κ1) is 18.9. The van der Waals surface area contributed by atoms with Crippen LogP contribution in [0.5, 0.6) is 5.75 Å². The van der Waals surface area contributed by atoms with Crippen LogP contribution in [0.25, 0.3) is 11.4 Å². The summed E-state index contributed by atoms with van der Waals surface area (Å²) >= 11 is 0. The van der Waals surface area contributed by atoms with Crippen molar-refractivity contribution in [1.82, 2.24) is 15.0 Å². The predicted octanol–water partition coefficient (Wildman–Crippen LogP) is 4.39. The number of carbonyl (C=O) groups excluding carboxylic acids is 1. The van der Waals surface area contributed by atoms with E-state index in [4.69, 9.17) is 9.26 Å². The number of anilines is 1. The standard InChI is InChI=1S/C20H18F2N4O3/c1-28-17-7-3-2-5-15(17)23-20(27)26-10-4-6-16(26)19-24-18(25-29-19)13-9-8-12(21)11-14(13)22/h2-3,5,7-9,11,16H,4,6,10H2,1H3,(H,23,27)/t16-/m1/s1. The number of carbonyl (C=O) groups is 1. The molecular weight excluding hydrogens is 382 g/mol.